The molecule has 2 aromatic rings. The lowest BCUT2D eigenvalue weighted by atomic mass is 10.2. The Morgan fingerprint density at radius 1 is 1.47 bits per heavy atom. The second kappa shape index (κ2) is 4.17. The van der Waals surface area contributed by atoms with Crippen LogP contribution < -0.4 is 16.8 Å². The monoisotopic (exact) mass is 231 g/mol. The number of guanidine groups is 1. The third-order valence-electron chi connectivity index (χ3n) is 2.42. The van der Waals surface area contributed by atoms with E-state index >= 15 is 0 Å². The van der Waals surface area contributed by atoms with Crippen LogP contribution in [0.1, 0.15) is 10.5 Å². The number of aromatic nitrogens is 1. The van der Waals surface area contributed by atoms with Crippen molar-refractivity contribution in [2.45, 2.75) is 0 Å². The number of nitrogen functional groups attached to an aromatic ring is 1. The highest BCUT2D eigenvalue weighted by Gasteiger charge is 2.11. The number of fused-ring (bicyclic) bond motifs is 1. The van der Waals surface area contributed by atoms with Gasteiger partial charge in [0.05, 0.1) is 11.2 Å². The predicted molar refractivity (Wildman–Crippen MR) is 67.7 cm³/mol. The number of para-hydroxylation sites is 1. The summed E-state index contributed by atoms with van der Waals surface area (Å²) in [5.41, 5.74) is 12.9. The van der Waals surface area contributed by atoms with E-state index in [-0.39, 0.29) is 11.9 Å². The Bertz CT molecular complexity index is 599. The van der Waals surface area contributed by atoms with Crippen molar-refractivity contribution in [1.82, 2.24) is 10.3 Å². The maximum absolute atomic E-state index is 11.8. The summed E-state index contributed by atoms with van der Waals surface area (Å²) in [6.07, 6.45) is 0. The summed E-state index contributed by atoms with van der Waals surface area (Å²) in [4.78, 5) is 18.3. The molecule has 2 rings (SSSR count). The molecular weight excluding hydrogens is 218 g/mol. The van der Waals surface area contributed by atoms with Crippen LogP contribution in [-0.2, 0) is 0 Å². The molecule has 0 aliphatic heterocycles. The fourth-order valence-corrected chi connectivity index (χ4v) is 1.54. The van der Waals surface area contributed by atoms with Gasteiger partial charge in [-0.15, -0.1) is 0 Å². The molecule has 6 nitrogen and oxygen atoms in total. The first-order valence-electron chi connectivity index (χ1n) is 5.02. The minimum Gasteiger partial charge on any atom is -0.397 e. The Balaban J connectivity index is 2.37. The number of amides is 1. The summed E-state index contributed by atoms with van der Waals surface area (Å²) in [6, 6.07) is 7.18. The number of nitrogens with one attached hydrogen (secondary N) is 2. The van der Waals surface area contributed by atoms with Crippen molar-refractivity contribution in [1.29, 1.82) is 0 Å². The third-order valence-corrected chi connectivity index (χ3v) is 2.42. The fourth-order valence-electron chi connectivity index (χ4n) is 1.54. The Morgan fingerprint density at radius 2 is 2.24 bits per heavy atom. The van der Waals surface area contributed by atoms with Gasteiger partial charge in [0.2, 0.25) is 0 Å². The van der Waals surface area contributed by atoms with Crippen LogP contribution in [0.5, 0.6) is 0 Å². The van der Waals surface area contributed by atoms with E-state index in [2.05, 4.69) is 15.3 Å². The van der Waals surface area contributed by atoms with Gasteiger partial charge in [-0.05, 0) is 12.1 Å². The average molecular weight is 231 g/mol. The molecule has 6 N–H and O–H groups in total. The molecule has 0 bridgehead atoms. The number of benzene rings is 1. The van der Waals surface area contributed by atoms with Crippen molar-refractivity contribution in [3.8, 4) is 0 Å². The van der Waals surface area contributed by atoms with E-state index in [4.69, 9.17) is 11.5 Å². The number of H-pyrrole nitrogens is 1. The van der Waals surface area contributed by atoms with E-state index in [1.165, 1.54) is 7.05 Å². The molecule has 0 radical (unpaired) electrons. The van der Waals surface area contributed by atoms with Crippen LogP contribution in [0.2, 0.25) is 0 Å². The smallest absolute Gasteiger partial charge is 0.274 e. The van der Waals surface area contributed by atoms with Gasteiger partial charge in [0.15, 0.2) is 5.96 Å². The topological polar surface area (TPSA) is 109 Å². The highest BCUT2D eigenvalue weighted by molar-refractivity contribution is 6.07. The highest BCUT2D eigenvalue weighted by Crippen LogP contribution is 2.20. The molecule has 17 heavy (non-hydrogen) atoms. The lowest BCUT2D eigenvalue weighted by molar-refractivity contribution is 0.0972. The van der Waals surface area contributed by atoms with Gasteiger partial charge in [-0.2, -0.15) is 0 Å². The summed E-state index contributed by atoms with van der Waals surface area (Å²) in [7, 11) is 1.50. The van der Waals surface area contributed by atoms with Gasteiger partial charge in [-0.3, -0.25) is 15.1 Å². The van der Waals surface area contributed by atoms with Gasteiger partial charge >= 0.3 is 0 Å². The first kappa shape index (κ1) is 11.0. The second-order valence-electron chi connectivity index (χ2n) is 3.56. The second-order valence-corrected chi connectivity index (χ2v) is 3.56. The van der Waals surface area contributed by atoms with Crippen molar-refractivity contribution in [2.75, 3.05) is 12.8 Å². The lowest BCUT2D eigenvalue weighted by Crippen LogP contribution is -2.36. The zero-order chi connectivity index (χ0) is 12.4. The van der Waals surface area contributed by atoms with Crippen molar-refractivity contribution in [2.24, 2.45) is 10.7 Å². The molecule has 1 aromatic carbocycles. The molecule has 0 fully saturated rings. The zero-order valence-electron chi connectivity index (χ0n) is 9.32. The molecule has 1 amide bonds. The number of nitrogens with zero attached hydrogens (tertiary/aromatic N) is 1. The maximum atomic E-state index is 11.8. The number of carbonyl (C=O) groups excluding carboxylic acids is 1. The molecule has 0 saturated carbocycles. The maximum Gasteiger partial charge on any atom is 0.274 e. The first-order valence-corrected chi connectivity index (χ1v) is 5.02. The zero-order valence-corrected chi connectivity index (χ0v) is 9.32. The van der Waals surface area contributed by atoms with Crippen LogP contribution in [0.4, 0.5) is 5.69 Å². The number of hydrogen-bond donors (Lipinski definition) is 4. The summed E-state index contributed by atoms with van der Waals surface area (Å²) < 4.78 is 0. The van der Waals surface area contributed by atoms with E-state index in [0.717, 1.165) is 10.9 Å². The van der Waals surface area contributed by atoms with E-state index in [9.17, 15) is 4.79 Å². The Hall–Kier alpha value is -2.50. The minimum atomic E-state index is -0.344. The normalized spacial score (nSPS) is 11.7. The molecule has 0 saturated heterocycles. The van der Waals surface area contributed by atoms with Crippen molar-refractivity contribution in [3.63, 3.8) is 0 Å². The number of aromatic amines is 1. The molecule has 1 aromatic heterocycles. The van der Waals surface area contributed by atoms with E-state index < -0.39 is 0 Å². The van der Waals surface area contributed by atoms with E-state index in [0.29, 0.717) is 11.4 Å². The molecule has 6 heteroatoms. The molecule has 0 aliphatic rings. The van der Waals surface area contributed by atoms with Gasteiger partial charge in [-0.1, -0.05) is 12.1 Å². The molecule has 0 aliphatic carbocycles. The summed E-state index contributed by atoms with van der Waals surface area (Å²) in [5, 5.41) is 3.32. The number of carbonyl (C=O) groups is 1. The standard InChI is InChI=1S/C11H13N5O/c1-14-11(13)16-10(17)8-5-6-3-2-4-7(12)9(6)15-8/h2-5,15H,12H2,1H3,(H3,13,14,16,17). The molecular formula is C11H13N5O. The van der Waals surface area contributed by atoms with Gasteiger partial charge in [0.25, 0.3) is 5.91 Å². The van der Waals surface area contributed by atoms with Crippen LogP contribution in [0.25, 0.3) is 10.9 Å². The van der Waals surface area contributed by atoms with Crippen LogP contribution in [0.3, 0.4) is 0 Å². The SMILES string of the molecule is CN=C(N)NC(=O)c1cc2cccc(N)c2[nH]1. The molecule has 0 atom stereocenters. The quantitative estimate of drug-likeness (QED) is 0.324. The number of hydrogen-bond acceptors (Lipinski definition) is 3. The summed E-state index contributed by atoms with van der Waals surface area (Å²) in [5.74, 6) is -0.273. The Labute approximate surface area is 97.7 Å². The van der Waals surface area contributed by atoms with Crippen molar-refractivity contribution < 1.29 is 4.79 Å². The van der Waals surface area contributed by atoms with Gasteiger partial charge < -0.3 is 16.5 Å². The minimum absolute atomic E-state index is 0.0710. The summed E-state index contributed by atoms with van der Waals surface area (Å²) in [6.45, 7) is 0. The first-order chi connectivity index (χ1) is 8.11. The van der Waals surface area contributed by atoms with Crippen LogP contribution in [0.15, 0.2) is 29.3 Å². The molecule has 1 heterocycles. The molecule has 0 unspecified atom stereocenters. The third kappa shape index (κ3) is 2.05. The van der Waals surface area contributed by atoms with E-state index in [1.54, 1.807) is 12.1 Å². The van der Waals surface area contributed by atoms with Crippen LogP contribution in [-0.4, -0.2) is 23.9 Å². The van der Waals surface area contributed by atoms with Gasteiger partial charge in [0.1, 0.15) is 5.69 Å². The Kier molecular flexibility index (Phi) is 2.70. The van der Waals surface area contributed by atoms with Gasteiger partial charge in [-0.25, -0.2) is 0 Å². The summed E-state index contributed by atoms with van der Waals surface area (Å²) >= 11 is 0. The van der Waals surface area contributed by atoms with Crippen molar-refractivity contribution in [3.05, 3.63) is 30.0 Å². The average Bonchev–Trinajstić information content (AvgIpc) is 2.74. The fraction of sp³-hybridized carbons (Fsp3) is 0.0909. The molecule has 88 valence electrons. The van der Waals surface area contributed by atoms with E-state index in [1.807, 2.05) is 12.1 Å². The number of aliphatic imine (C=N–C) groups is 1. The van der Waals surface area contributed by atoms with Crippen LogP contribution >= 0.6 is 0 Å². The molecule has 0 spiro atoms. The number of anilines is 1. The lowest BCUT2D eigenvalue weighted by Gasteiger charge is -2.00. The number of rotatable bonds is 1. The van der Waals surface area contributed by atoms with Gasteiger partial charge in [0, 0.05) is 12.4 Å². The number of nitrogens with two attached hydrogens (primary N) is 2. The highest BCUT2D eigenvalue weighted by atomic mass is 16.2. The Morgan fingerprint density at radius 3 is 2.88 bits per heavy atom. The largest absolute Gasteiger partial charge is 0.397 e. The van der Waals surface area contributed by atoms with Crippen molar-refractivity contribution >= 4 is 28.5 Å². The van der Waals surface area contributed by atoms with Crippen LogP contribution in [0, 0.1) is 0 Å². The predicted octanol–water partition coefficient (Wildman–Crippen LogP) is 0.424.